The Morgan fingerprint density at radius 1 is 0.483 bits per heavy atom. The van der Waals surface area contributed by atoms with Gasteiger partial charge in [-0.25, -0.2) is 9.97 Å². The Labute approximate surface area is 337 Å². The van der Waals surface area contributed by atoms with Gasteiger partial charge in [0.2, 0.25) is 0 Å². The van der Waals surface area contributed by atoms with Gasteiger partial charge in [0, 0.05) is 38.6 Å². The molecule has 0 bridgehead atoms. The summed E-state index contributed by atoms with van der Waals surface area (Å²) in [6.07, 6.45) is 1.92. The van der Waals surface area contributed by atoms with E-state index in [1.54, 1.807) is 0 Å². The number of para-hydroxylation sites is 1. The van der Waals surface area contributed by atoms with E-state index < -0.39 is 0 Å². The van der Waals surface area contributed by atoms with Gasteiger partial charge in [0.05, 0.1) is 22.4 Å². The topological polar surface area (TPSA) is 30.7 Å². The number of benzene rings is 8. The summed E-state index contributed by atoms with van der Waals surface area (Å²) in [7, 11) is 0. The second kappa shape index (κ2) is 12.4. The van der Waals surface area contributed by atoms with Crippen molar-refractivity contribution >= 4 is 32.6 Å². The Morgan fingerprint density at radius 3 is 1.84 bits per heavy atom. The third kappa shape index (κ3) is 4.86. The van der Waals surface area contributed by atoms with E-state index in [1.807, 2.05) is 24.3 Å². The first-order valence-corrected chi connectivity index (χ1v) is 20.3. The predicted molar refractivity (Wildman–Crippen MR) is 240 cm³/mol. The zero-order chi connectivity index (χ0) is 38.5. The van der Waals surface area contributed by atoms with Crippen LogP contribution in [-0.2, 0) is 18.3 Å². The highest BCUT2D eigenvalue weighted by Crippen LogP contribution is 2.57. The largest absolute Gasteiger partial charge is 0.309 e. The molecule has 10 aromatic rings. The molecular formula is C55H39N3. The van der Waals surface area contributed by atoms with Crippen LogP contribution in [0.15, 0.2) is 176 Å². The molecule has 0 saturated heterocycles. The summed E-state index contributed by atoms with van der Waals surface area (Å²) in [6, 6.07) is 64.0. The van der Waals surface area contributed by atoms with Crippen molar-refractivity contribution in [3.63, 3.8) is 0 Å². The third-order valence-corrected chi connectivity index (χ3v) is 12.8. The molecule has 2 aliphatic carbocycles. The van der Waals surface area contributed by atoms with Crippen molar-refractivity contribution in [3.8, 4) is 50.7 Å². The van der Waals surface area contributed by atoms with Crippen molar-refractivity contribution in [1.29, 1.82) is 0 Å². The maximum atomic E-state index is 5.23. The number of rotatable bonds is 4. The van der Waals surface area contributed by atoms with E-state index in [4.69, 9.17) is 9.97 Å². The molecule has 0 fully saturated rings. The monoisotopic (exact) mass is 741 g/mol. The highest BCUT2D eigenvalue weighted by Gasteiger charge is 2.40. The van der Waals surface area contributed by atoms with E-state index >= 15 is 0 Å². The molecule has 0 N–H and O–H groups in total. The quantitative estimate of drug-likeness (QED) is 0.180. The molecule has 2 aliphatic rings. The average molecular weight is 742 g/mol. The van der Waals surface area contributed by atoms with Crippen molar-refractivity contribution in [2.24, 2.45) is 0 Å². The van der Waals surface area contributed by atoms with Gasteiger partial charge in [0.15, 0.2) is 5.82 Å². The molecule has 2 heterocycles. The first-order chi connectivity index (χ1) is 28.5. The fraction of sp³-hybridized carbons (Fsp3) is 0.0909. The lowest BCUT2D eigenvalue weighted by Crippen LogP contribution is -2.16. The molecule has 8 aromatic carbocycles. The van der Waals surface area contributed by atoms with Crippen molar-refractivity contribution in [3.05, 3.63) is 209 Å². The molecule has 0 spiro atoms. The molecule has 274 valence electrons. The third-order valence-electron chi connectivity index (χ3n) is 12.8. The number of nitrogens with zero attached hydrogens (tertiary/aromatic N) is 3. The molecule has 0 atom stereocenters. The Balaban J connectivity index is 1.15. The van der Waals surface area contributed by atoms with Crippen LogP contribution in [0.2, 0.25) is 0 Å². The van der Waals surface area contributed by atoms with Gasteiger partial charge in [-0.3, -0.25) is 0 Å². The number of hydrogen-bond acceptors (Lipinski definition) is 2. The molecule has 0 aliphatic heterocycles. The summed E-state index contributed by atoms with van der Waals surface area (Å²) in [6.45, 7) is 4.85. The predicted octanol–water partition coefficient (Wildman–Crippen LogP) is 13.5. The van der Waals surface area contributed by atoms with Crippen molar-refractivity contribution in [1.82, 2.24) is 14.5 Å². The van der Waals surface area contributed by atoms with E-state index in [2.05, 4.69) is 170 Å². The fourth-order valence-electron chi connectivity index (χ4n) is 10.2. The van der Waals surface area contributed by atoms with Gasteiger partial charge in [0.25, 0.3) is 0 Å². The zero-order valence-electron chi connectivity index (χ0n) is 32.5. The van der Waals surface area contributed by atoms with Gasteiger partial charge in [0.1, 0.15) is 0 Å². The van der Waals surface area contributed by atoms with Crippen LogP contribution in [0.3, 0.4) is 0 Å². The minimum Gasteiger partial charge on any atom is -0.309 e. The molecule has 58 heavy (non-hydrogen) atoms. The molecule has 0 saturated carbocycles. The number of fused-ring (bicyclic) bond motifs is 12. The second-order valence-corrected chi connectivity index (χ2v) is 16.5. The first-order valence-electron chi connectivity index (χ1n) is 20.3. The van der Waals surface area contributed by atoms with Crippen LogP contribution >= 0.6 is 0 Å². The van der Waals surface area contributed by atoms with Crippen LogP contribution in [0.5, 0.6) is 0 Å². The van der Waals surface area contributed by atoms with Gasteiger partial charge < -0.3 is 4.57 Å². The normalized spacial score (nSPS) is 13.7. The Morgan fingerprint density at radius 2 is 1.09 bits per heavy atom. The zero-order valence-corrected chi connectivity index (χ0v) is 32.5. The summed E-state index contributed by atoms with van der Waals surface area (Å²) in [5.74, 6) is 0.717. The fourth-order valence-corrected chi connectivity index (χ4v) is 10.2. The summed E-state index contributed by atoms with van der Waals surface area (Å²) in [4.78, 5) is 10.3. The highest BCUT2D eigenvalue weighted by molar-refractivity contribution is 6.27. The molecule has 0 radical (unpaired) electrons. The first kappa shape index (κ1) is 33.1. The average Bonchev–Trinajstić information content (AvgIpc) is 3.74. The van der Waals surface area contributed by atoms with E-state index in [0.717, 1.165) is 46.6 Å². The molecule has 0 amide bonds. The lowest BCUT2D eigenvalue weighted by molar-refractivity contribution is 0.664. The van der Waals surface area contributed by atoms with Crippen molar-refractivity contribution in [2.45, 2.75) is 32.1 Å². The van der Waals surface area contributed by atoms with Crippen LogP contribution < -0.4 is 0 Å². The van der Waals surface area contributed by atoms with E-state index in [9.17, 15) is 0 Å². The highest BCUT2D eigenvalue weighted by atomic mass is 15.0. The van der Waals surface area contributed by atoms with E-state index in [0.29, 0.717) is 5.82 Å². The Bertz CT molecular complexity index is 3240. The van der Waals surface area contributed by atoms with Crippen molar-refractivity contribution < 1.29 is 0 Å². The van der Waals surface area contributed by atoms with Crippen LogP contribution in [0, 0.1) is 0 Å². The molecular weight excluding hydrogens is 703 g/mol. The standard InChI is InChI=1S/C55H39N3/c1-55(2)46-26-13-11-24-42(46)50-44-31-39-28-36-20-9-10-21-37(36)29-40(39)32-45(44)51-43-25-12-14-27-49(43)58(53(51)52(50)55)41-23-15-22-38(30-41)48-33-47(34-16-5-3-6-17-34)56-54(57-48)35-18-7-4-8-19-35/h3-27,30-33H,28-29H2,1-2H3. The molecule has 3 nitrogen and oxygen atoms in total. The molecule has 12 rings (SSSR count). The lowest BCUT2D eigenvalue weighted by Gasteiger charge is -2.25. The molecule has 3 heteroatoms. The second-order valence-electron chi connectivity index (χ2n) is 16.5. The van der Waals surface area contributed by atoms with Gasteiger partial charge >= 0.3 is 0 Å². The maximum absolute atomic E-state index is 5.23. The summed E-state index contributed by atoms with van der Waals surface area (Å²) in [5, 5.41) is 5.30. The van der Waals surface area contributed by atoms with Gasteiger partial charge in [-0.2, -0.15) is 0 Å². The Kier molecular flexibility index (Phi) is 7.10. The van der Waals surface area contributed by atoms with Gasteiger partial charge in [-0.05, 0) is 105 Å². The SMILES string of the molecule is CC1(C)c2ccccc2-c2c1c1c(c3cc4c(cc23)Cc2ccccc2C4)c2ccccc2n1-c1cccc(-c2cc(-c3ccccc3)nc(-c3ccccc3)n2)c1. The van der Waals surface area contributed by atoms with Crippen LogP contribution in [0.25, 0.3) is 83.3 Å². The van der Waals surface area contributed by atoms with Crippen LogP contribution in [0.4, 0.5) is 0 Å². The van der Waals surface area contributed by atoms with E-state index in [-0.39, 0.29) is 5.41 Å². The summed E-state index contributed by atoms with van der Waals surface area (Å²) >= 11 is 0. The van der Waals surface area contributed by atoms with Gasteiger partial charge in [-0.15, -0.1) is 0 Å². The smallest absolute Gasteiger partial charge is 0.160 e. The van der Waals surface area contributed by atoms with Crippen LogP contribution in [0.1, 0.15) is 47.2 Å². The summed E-state index contributed by atoms with van der Waals surface area (Å²) < 4.78 is 2.55. The van der Waals surface area contributed by atoms with Crippen molar-refractivity contribution in [2.75, 3.05) is 0 Å². The molecule has 2 aromatic heterocycles. The van der Waals surface area contributed by atoms with E-state index in [1.165, 1.54) is 77.1 Å². The minimum absolute atomic E-state index is 0.230. The number of hydrogen-bond donors (Lipinski definition) is 0. The van der Waals surface area contributed by atoms with Crippen LogP contribution in [-0.4, -0.2) is 14.5 Å². The summed E-state index contributed by atoms with van der Waals surface area (Å²) in [5.41, 5.74) is 19.6. The lowest BCUT2D eigenvalue weighted by atomic mass is 9.79. The maximum Gasteiger partial charge on any atom is 0.160 e. The van der Waals surface area contributed by atoms with Gasteiger partial charge in [-0.1, -0.05) is 153 Å². The Hall–Kier alpha value is -7.10. The molecule has 0 unspecified atom stereocenters. The number of aromatic nitrogens is 3. The minimum atomic E-state index is -0.230.